The van der Waals surface area contributed by atoms with Crippen molar-refractivity contribution >= 4 is 53.3 Å². The average Bonchev–Trinajstić information content (AvgIpc) is 3.28. The number of carbonyl (C=O) groups is 1. The predicted molar refractivity (Wildman–Crippen MR) is 143 cm³/mol. The van der Waals surface area contributed by atoms with Crippen molar-refractivity contribution in [3.8, 4) is 5.75 Å². The number of benzene rings is 2. The van der Waals surface area contributed by atoms with E-state index in [0.29, 0.717) is 12.5 Å². The summed E-state index contributed by atoms with van der Waals surface area (Å²) in [5.74, 6) is 3.56. The van der Waals surface area contributed by atoms with Crippen LogP contribution in [0.25, 0.3) is 0 Å². The maximum absolute atomic E-state index is 12.3. The number of hydrogen-bond donors (Lipinski definition) is 1. The highest BCUT2D eigenvalue weighted by Crippen LogP contribution is 2.31. The minimum Gasteiger partial charge on any atom is -0.482 e. The van der Waals surface area contributed by atoms with Gasteiger partial charge in [0, 0.05) is 43.9 Å². The molecule has 6 nitrogen and oxygen atoms in total. The summed E-state index contributed by atoms with van der Waals surface area (Å²) in [6.45, 7) is 3.63. The van der Waals surface area contributed by atoms with Gasteiger partial charge in [0.1, 0.15) is 5.75 Å². The third-order valence-corrected chi connectivity index (χ3v) is 6.92. The number of amides is 1. The van der Waals surface area contributed by atoms with Gasteiger partial charge in [0.2, 0.25) is 0 Å². The Hall–Kier alpha value is -1.94. The number of para-hydroxylation sites is 2. The van der Waals surface area contributed by atoms with Crippen LogP contribution in [0.1, 0.15) is 12.8 Å². The summed E-state index contributed by atoms with van der Waals surface area (Å²) in [6.07, 6.45) is 2.04. The van der Waals surface area contributed by atoms with Crippen LogP contribution in [0.5, 0.6) is 5.75 Å². The van der Waals surface area contributed by atoms with E-state index in [1.54, 1.807) is 0 Å². The zero-order valence-electron chi connectivity index (χ0n) is 18.4. The van der Waals surface area contributed by atoms with Crippen LogP contribution in [0.15, 0.2) is 64.5 Å². The Morgan fingerprint density at radius 2 is 1.97 bits per heavy atom. The molecule has 0 aromatic heterocycles. The first-order valence-corrected chi connectivity index (χ1v) is 11.9. The molecule has 0 aliphatic carbocycles. The van der Waals surface area contributed by atoms with Crippen LogP contribution in [0.3, 0.4) is 0 Å². The first-order valence-electron chi connectivity index (χ1n) is 10.9. The Kier molecular flexibility index (Phi) is 9.52. The quantitative estimate of drug-likeness (QED) is 0.180. The molecule has 4 rings (SSSR count). The van der Waals surface area contributed by atoms with Crippen LogP contribution in [0, 0.1) is 5.92 Å². The van der Waals surface area contributed by atoms with Crippen LogP contribution in [-0.4, -0.2) is 62.4 Å². The molecule has 172 valence electrons. The number of nitrogens with zero attached hydrogens (tertiary/aromatic N) is 3. The molecular weight excluding hydrogens is 535 g/mol. The van der Waals surface area contributed by atoms with E-state index < -0.39 is 0 Å². The zero-order chi connectivity index (χ0) is 21.5. The Labute approximate surface area is 211 Å². The maximum atomic E-state index is 12.3. The Morgan fingerprint density at radius 1 is 1.19 bits per heavy atom. The lowest BCUT2D eigenvalue weighted by molar-refractivity contribution is -0.121. The van der Waals surface area contributed by atoms with Gasteiger partial charge in [0.05, 0.1) is 5.69 Å². The van der Waals surface area contributed by atoms with Crippen LogP contribution in [0.4, 0.5) is 5.69 Å². The van der Waals surface area contributed by atoms with Gasteiger partial charge in [0.25, 0.3) is 5.91 Å². The molecule has 1 fully saturated rings. The number of carbonyl (C=O) groups excluding carboxylic acids is 1. The normalized spacial score (nSPS) is 18.1. The minimum atomic E-state index is 0. The molecule has 2 aliphatic heterocycles. The fourth-order valence-electron chi connectivity index (χ4n) is 4.06. The Morgan fingerprint density at radius 3 is 2.78 bits per heavy atom. The number of nitrogens with one attached hydrogen (secondary N) is 1. The number of likely N-dealkylation sites (tertiary alicyclic amines) is 1. The van der Waals surface area contributed by atoms with Gasteiger partial charge in [-0.05, 0) is 43.0 Å². The summed E-state index contributed by atoms with van der Waals surface area (Å²) >= 11 is 1.94. The van der Waals surface area contributed by atoms with Crippen molar-refractivity contribution in [2.45, 2.75) is 17.7 Å². The number of hydrogen-bond acceptors (Lipinski definition) is 4. The molecule has 2 aromatic carbocycles. The molecule has 2 aromatic rings. The predicted octanol–water partition coefficient (Wildman–Crippen LogP) is 4.11. The molecule has 1 unspecified atom stereocenters. The first-order chi connectivity index (χ1) is 15.2. The van der Waals surface area contributed by atoms with Crippen molar-refractivity contribution in [1.82, 2.24) is 10.2 Å². The van der Waals surface area contributed by atoms with Crippen LogP contribution < -0.4 is 15.0 Å². The number of anilines is 1. The smallest absolute Gasteiger partial charge is 0.265 e. The lowest BCUT2D eigenvalue weighted by atomic mass is 10.2. The van der Waals surface area contributed by atoms with E-state index in [4.69, 9.17) is 4.74 Å². The molecule has 2 heterocycles. The van der Waals surface area contributed by atoms with E-state index in [1.165, 1.54) is 11.3 Å². The molecule has 1 saturated heterocycles. The van der Waals surface area contributed by atoms with Gasteiger partial charge >= 0.3 is 0 Å². The third-order valence-electron chi connectivity index (χ3n) is 5.68. The van der Waals surface area contributed by atoms with Gasteiger partial charge < -0.3 is 19.9 Å². The van der Waals surface area contributed by atoms with Crippen molar-refractivity contribution in [3.05, 3.63) is 54.6 Å². The number of ether oxygens (including phenoxy) is 1. The average molecular weight is 567 g/mol. The SMILES string of the molecule is CN=C(NCCCN1C(=O)COc2ccccc21)N1CCC(CSc2ccccc2)C1.I. The fraction of sp³-hybridized carbons (Fsp3) is 0.417. The van der Waals surface area contributed by atoms with Crippen molar-refractivity contribution in [2.24, 2.45) is 10.9 Å². The minimum absolute atomic E-state index is 0. The monoisotopic (exact) mass is 566 g/mol. The molecule has 8 heteroatoms. The molecule has 1 atom stereocenters. The molecule has 0 spiro atoms. The molecule has 1 N–H and O–H groups in total. The number of thioether (sulfide) groups is 1. The van der Waals surface area contributed by atoms with E-state index in [9.17, 15) is 4.79 Å². The molecule has 2 aliphatic rings. The molecule has 0 saturated carbocycles. The highest BCUT2D eigenvalue weighted by Gasteiger charge is 2.26. The lowest BCUT2D eigenvalue weighted by Crippen LogP contribution is -2.43. The standard InChI is InChI=1S/C24H30N4O2S.HI/c1-25-24(27-15-12-19(16-27)18-31-20-8-3-2-4-9-20)26-13-7-14-28-21-10-5-6-11-22(21)30-17-23(28)29;/h2-6,8-11,19H,7,12-18H2,1H3,(H,25,26);1H. The van der Waals surface area contributed by atoms with E-state index in [1.807, 2.05) is 48.0 Å². The van der Waals surface area contributed by atoms with E-state index in [2.05, 4.69) is 45.5 Å². The summed E-state index contributed by atoms with van der Waals surface area (Å²) in [4.78, 5) is 22.3. The van der Waals surface area contributed by atoms with Gasteiger partial charge in [-0.1, -0.05) is 30.3 Å². The van der Waals surface area contributed by atoms with E-state index in [0.717, 1.165) is 49.2 Å². The summed E-state index contributed by atoms with van der Waals surface area (Å²) in [7, 11) is 1.84. The van der Waals surface area contributed by atoms with Crippen LogP contribution in [-0.2, 0) is 4.79 Å². The number of halogens is 1. The van der Waals surface area contributed by atoms with Gasteiger partial charge in [-0.3, -0.25) is 9.79 Å². The van der Waals surface area contributed by atoms with Crippen LogP contribution >= 0.6 is 35.7 Å². The summed E-state index contributed by atoms with van der Waals surface area (Å²) in [5.41, 5.74) is 0.862. The second-order valence-corrected chi connectivity index (χ2v) is 8.95. The Bertz CT molecular complexity index is 912. The maximum Gasteiger partial charge on any atom is 0.265 e. The number of guanidine groups is 1. The van der Waals surface area contributed by atoms with Gasteiger partial charge in [-0.15, -0.1) is 35.7 Å². The van der Waals surface area contributed by atoms with Gasteiger partial charge in [-0.25, -0.2) is 0 Å². The van der Waals surface area contributed by atoms with Gasteiger partial charge in [-0.2, -0.15) is 0 Å². The van der Waals surface area contributed by atoms with E-state index in [-0.39, 0.29) is 36.5 Å². The first kappa shape index (κ1) is 24.7. The zero-order valence-corrected chi connectivity index (χ0v) is 21.6. The molecule has 0 bridgehead atoms. The highest BCUT2D eigenvalue weighted by molar-refractivity contribution is 14.0. The topological polar surface area (TPSA) is 57.2 Å². The largest absolute Gasteiger partial charge is 0.482 e. The number of rotatable bonds is 7. The third kappa shape index (κ3) is 6.31. The summed E-state index contributed by atoms with van der Waals surface area (Å²) in [6, 6.07) is 18.3. The Balaban J connectivity index is 0.00000289. The second kappa shape index (κ2) is 12.3. The van der Waals surface area contributed by atoms with Crippen molar-refractivity contribution in [2.75, 3.05) is 50.5 Å². The second-order valence-electron chi connectivity index (χ2n) is 7.85. The van der Waals surface area contributed by atoms with E-state index >= 15 is 0 Å². The summed E-state index contributed by atoms with van der Waals surface area (Å²) in [5, 5.41) is 3.48. The van der Waals surface area contributed by atoms with Crippen molar-refractivity contribution < 1.29 is 9.53 Å². The van der Waals surface area contributed by atoms with Crippen molar-refractivity contribution in [3.63, 3.8) is 0 Å². The number of fused-ring (bicyclic) bond motifs is 1. The fourth-order valence-corrected chi connectivity index (χ4v) is 5.11. The van der Waals surface area contributed by atoms with Gasteiger partial charge in [0.15, 0.2) is 12.6 Å². The van der Waals surface area contributed by atoms with Crippen LogP contribution in [0.2, 0.25) is 0 Å². The lowest BCUT2D eigenvalue weighted by Gasteiger charge is -2.29. The molecule has 32 heavy (non-hydrogen) atoms. The molecule has 1 amide bonds. The number of aliphatic imine (C=N–C) groups is 1. The molecule has 0 radical (unpaired) electrons. The summed E-state index contributed by atoms with van der Waals surface area (Å²) < 4.78 is 5.52. The van der Waals surface area contributed by atoms with Crippen molar-refractivity contribution in [1.29, 1.82) is 0 Å². The highest BCUT2D eigenvalue weighted by atomic mass is 127. The molecular formula is C24H31IN4O2S.